The maximum absolute atomic E-state index is 13.0. The normalized spacial score (nSPS) is 28.5. The molecule has 2 aromatic rings. The van der Waals surface area contributed by atoms with Gasteiger partial charge >= 0.3 is 0 Å². The second-order valence-electron chi connectivity index (χ2n) is 6.16. The minimum Gasteiger partial charge on any atom is -0.378 e. The van der Waals surface area contributed by atoms with Gasteiger partial charge in [0.05, 0.1) is 13.2 Å². The average Bonchev–Trinajstić information content (AvgIpc) is 2.53. The number of carbonyl (C=O) groups is 1. The summed E-state index contributed by atoms with van der Waals surface area (Å²) >= 11 is 0. The van der Waals surface area contributed by atoms with Crippen LogP contribution >= 0.6 is 0 Å². The van der Waals surface area contributed by atoms with Crippen molar-refractivity contribution in [1.82, 2.24) is 5.32 Å². The molecule has 2 unspecified atom stereocenters. The lowest BCUT2D eigenvalue weighted by Crippen LogP contribution is -2.55. The smallest absolute Gasteiger partial charge is 0.166 e. The monoisotopic (exact) mass is 281 g/mol. The van der Waals surface area contributed by atoms with E-state index in [4.69, 9.17) is 4.74 Å². The fourth-order valence-corrected chi connectivity index (χ4v) is 3.71. The predicted octanol–water partition coefficient (Wildman–Crippen LogP) is 2.79. The number of benzene rings is 2. The number of ether oxygens (including phenoxy) is 1. The summed E-state index contributed by atoms with van der Waals surface area (Å²) in [5, 5.41) is 5.76. The first-order chi connectivity index (χ1) is 10.3. The number of ketones is 1. The minimum absolute atomic E-state index is 0.121. The van der Waals surface area contributed by atoms with Crippen LogP contribution in [-0.2, 0) is 4.74 Å². The van der Waals surface area contributed by atoms with Crippen LogP contribution in [0.2, 0.25) is 0 Å². The molecule has 0 aliphatic carbocycles. The molecular formula is C18H19NO2. The minimum atomic E-state index is 0.121. The number of nitrogens with one attached hydrogen (secondary N) is 1. The molecule has 0 amide bonds. The zero-order chi connectivity index (χ0) is 14.2. The fourth-order valence-electron chi connectivity index (χ4n) is 3.71. The molecule has 2 aliphatic rings. The second kappa shape index (κ2) is 5.24. The number of fused-ring (bicyclic) bond motifs is 3. The van der Waals surface area contributed by atoms with Crippen LogP contribution in [0.15, 0.2) is 42.5 Å². The summed E-state index contributed by atoms with van der Waals surface area (Å²) in [5.74, 6) is 0.418. The molecule has 2 saturated heterocycles. The van der Waals surface area contributed by atoms with Gasteiger partial charge in [-0.1, -0.05) is 42.5 Å². The lowest BCUT2D eigenvalue weighted by atomic mass is 9.81. The largest absolute Gasteiger partial charge is 0.378 e. The number of rotatable bonds is 2. The molecule has 108 valence electrons. The highest BCUT2D eigenvalue weighted by atomic mass is 16.5. The maximum Gasteiger partial charge on any atom is 0.166 e. The molecule has 2 aliphatic heterocycles. The van der Waals surface area contributed by atoms with Crippen molar-refractivity contribution < 1.29 is 9.53 Å². The predicted molar refractivity (Wildman–Crippen MR) is 82.5 cm³/mol. The van der Waals surface area contributed by atoms with E-state index >= 15 is 0 Å². The van der Waals surface area contributed by atoms with Crippen molar-refractivity contribution in [1.29, 1.82) is 0 Å². The van der Waals surface area contributed by atoms with E-state index < -0.39 is 0 Å². The average molecular weight is 281 g/mol. The molecule has 0 radical (unpaired) electrons. The Hall–Kier alpha value is -1.71. The molecule has 1 N–H and O–H groups in total. The molecule has 0 saturated carbocycles. The van der Waals surface area contributed by atoms with Crippen LogP contribution in [0, 0.1) is 5.92 Å². The van der Waals surface area contributed by atoms with Gasteiger partial charge < -0.3 is 10.1 Å². The van der Waals surface area contributed by atoms with Crippen LogP contribution in [0.4, 0.5) is 0 Å². The van der Waals surface area contributed by atoms with E-state index in [1.165, 1.54) is 0 Å². The van der Waals surface area contributed by atoms with Crippen molar-refractivity contribution in [3.8, 4) is 0 Å². The topological polar surface area (TPSA) is 38.3 Å². The fraction of sp³-hybridized carbons (Fsp3) is 0.389. The Morgan fingerprint density at radius 3 is 2.52 bits per heavy atom. The van der Waals surface area contributed by atoms with Gasteiger partial charge in [0.15, 0.2) is 5.78 Å². The number of carbonyl (C=O) groups excluding carboxylic acids is 1. The van der Waals surface area contributed by atoms with E-state index in [1.54, 1.807) is 0 Å². The van der Waals surface area contributed by atoms with Gasteiger partial charge in [-0.3, -0.25) is 4.79 Å². The third-order valence-electron chi connectivity index (χ3n) is 4.67. The quantitative estimate of drug-likeness (QED) is 0.860. The molecule has 3 heteroatoms. The summed E-state index contributed by atoms with van der Waals surface area (Å²) in [6.07, 6.45) is 1.77. The lowest BCUT2D eigenvalue weighted by molar-refractivity contribution is 0.00956. The maximum atomic E-state index is 13.0. The van der Waals surface area contributed by atoms with E-state index in [0.717, 1.165) is 42.4 Å². The Labute approximate surface area is 124 Å². The molecule has 3 nitrogen and oxygen atoms in total. The summed E-state index contributed by atoms with van der Waals surface area (Å²) < 4.78 is 5.57. The molecular weight excluding hydrogens is 262 g/mol. The Balaban J connectivity index is 1.67. The van der Waals surface area contributed by atoms with Crippen molar-refractivity contribution in [3.63, 3.8) is 0 Å². The van der Waals surface area contributed by atoms with Crippen LogP contribution in [-0.4, -0.2) is 31.1 Å². The summed E-state index contributed by atoms with van der Waals surface area (Å²) in [6, 6.07) is 14.8. The van der Waals surface area contributed by atoms with E-state index in [0.29, 0.717) is 17.9 Å². The van der Waals surface area contributed by atoms with Crippen LogP contribution in [0.1, 0.15) is 23.2 Å². The second-order valence-corrected chi connectivity index (χ2v) is 6.16. The van der Waals surface area contributed by atoms with Crippen molar-refractivity contribution in [2.45, 2.75) is 24.9 Å². The van der Waals surface area contributed by atoms with Gasteiger partial charge in [0.1, 0.15) is 0 Å². The zero-order valence-corrected chi connectivity index (χ0v) is 11.9. The highest BCUT2D eigenvalue weighted by Crippen LogP contribution is 2.29. The molecule has 4 rings (SSSR count). The zero-order valence-electron chi connectivity index (χ0n) is 11.9. The van der Waals surface area contributed by atoms with Crippen LogP contribution in [0.3, 0.4) is 0 Å². The molecule has 2 heterocycles. The summed E-state index contributed by atoms with van der Waals surface area (Å²) in [4.78, 5) is 13.0. The number of hydrogen-bond acceptors (Lipinski definition) is 3. The van der Waals surface area contributed by atoms with E-state index in [-0.39, 0.29) is 5.92 Å². The number of hydrogen-bond donors (Lipinski definition) is 1. The first kappa shape index (κ1) is 13.0. The van der Waals surface area contributed by atoms with Gasteiger partial charge in [-0.15, -0.1) is 0 Å². The van der Waals surface area contributed by atoms with Crippen molar-refractivity contribution >= 4 is 16.6 Å². The third kappa shape index (κ3) is 2.37. The van der Waals surface area contributed by atoms with Crippen molar-refractivity contribution in [2.75, 3.05) is 13.2 Å². The summed E-state index contributed by atoms with van der Waals surface area (Å²) in [5.41, 5.74) is 0.874. The molecule has 2 aromatic carbocycles. The molecule has 21 heavy (non-hydrogen) atoms. The number of piperidine rings is 1. The van der Waals surface area contributed by atoms with Gasteiger partial charge in [0.2, 0.25) is 0 Å². The third-order valence-corrected chi connectivity index (χ3v) is 4.67. The van der Waals surface area contributed by atoms with Gasteiger partial charge in [-0.2, -0.15) is 0 Å². The van der Waals surface area contributed by atoms with Gasteiger partial charge in [-0.25, -0.2) is 0 Å². The Morgan fingerprint density at radius 2 is 1.71 bits per heavy atom. The number of morpholine rings is 1. The van der Waals surface area contributed by atoms with E-state index in [2.05, 4.69) is 17.4 Å². The summed E-state index contributed by atoms with van der Waals surface area (Å²) in [7, 11) is 0. The Kier molecular flexibility index (Phi) is 3.24. The first-order valence-electron chi connectivity index (χ1n) is 7.67. The standard InChI is InChI=1S/C18H19NO2/c20-18(13-8-14-10-21-11-15(9-13)19-14)17-7-3-5-12-4-1-2-6-16(12)17/h1-7,13-15,19H,8-11H2. The Morgan fingerprint density at radius 1 is 1.00 bits per heavy atom. The lowest BCUT2D eigenvalue weighted by Gasteiger charge is -2.39. The molecule has 0 aromatic heterocycles. The Bertz CT molecular complexity index is 664. The first-order valence-corrected chi connectivity index (χ1v) is 7.67. The molecule has 2 bridgehead atoms. The SMILES string of the molecule is O=C(c1cccc2ccccc12)C1CC2COCC(C1)N2. The van der Waals surface area contributed by atoms with Gasteiger partial charge in [0.25, 0.3) is 0 Å². The van der Waals surface area contributed by atoms with Crippen molar-refractivity contribution in [3.05, 3.63) is 48.0 Å². The van der Waals surface area contributed by atoms with Crippen LogP contribution in [0.25, 0.3) is 10.8 Å². The highest BCUT2D eigenvalue weighted by Gasteiger charge is 2.35. The summed E-state index contributed by atoms with van der Waals surface area (Å²) in [6.45, 7) is 1.46. The van der Waals surface area contributed by atoms with Crippen molar-refractivity contribution in [2.24, 2.45) is 5.92 Å². The molecule has 2 fully saturated rings. The van der Waals surface area contributed by atoms with Crippen LogP contribution < -0.4 is 5.32 Å². The number of Topliss-reactive ketones (excluding diaryl/α,β-unsaturated/α-hetero) is 1. The molecule has 2 atom stereocenters. The van der Waals surface area contributed by atoms with Gasteiger partial charge in [0, 0.05) is 23.6 Å². The molecule has 0 spiro atoms. The van der Waals surface area contributed by atoms with Gasteiger partial charge in [-0.05, 0) is 23.6 Å². The van der Waals surface area contributed by atoms with Crippen LogP contribution in [0.5, 0.6) is 0 Å². The van der Waals surface area contributed by atoms with E-state index in [9.17, 15) is 4.79 Å². The van der Waals surface area contributed by atoms with E-state index in [1.807, 2.05) is 30.3 Å². The highest BCUT2D eigenvalue weighted by molar-refractivity contribution is 6.09.